The molecular formula is C32H41N3O4S. The summed E-state index contributed by atoms with van der Waals surface area (Å²) in [7, 11) is -4.09. The topological polar surface area (TPSA) is 86.8 Å². The first-order valence-electron chi connectivity index (χ1n) is 13.5. The van der Waals surface area contributed by atoms with Crippen LogP contribution in [-0.4, -0.2) is 43.3 Å². The van der Waals surface area contributed by atoms with Crippen LogP contribution in [0.2, 0.25) is 0 Å². The summed E-state index contributed by atoms with van der Waals surface area (Å²) in [5, 5.41) is 2.99. The molecule has 0 fully saturated rings. The van der Waals surface area contributed by atoms with Crippen LogP contribution in [0, 0.1) is 20.8 Å². The Labute approximate surface area is 239 Å². The van der Waals surface area contributed by atoms with Gasteiger partial charge in [0.1, 0.15) is 12.6 Å². The first kappa shape index (κ1) is 30.9. The number of hydrogen-bond acceptors (Lipinski definition) is 4. The van der Waals surface area contributed by atoms with Crippen molar-refractivity contribution < 1.29 is 18.0 Å². The Hall–Kier alpha value is -3.65. The van der Waals surface area contributed by atoms with Crippen molar-refractivity contribution in [3.8, 4) is 0 Å². The van der Waals surface area contributed by atoms with E-state index < -0.39 is 34.1 Å². The Morgan fingerprint density at radius 2 is 1.27 bits per heavy atom. The number of aryl methyl sites for hydroxylation is 3. The van der Waals surface area contributed by atoms with E-state index in [9.17, 15) is 18.0 Å². The van der Waals surface area contributed by atoms with Crippen molar-refractivity contribution in [2.75, 3.05) is 10.8 Å². The average molecular weight is 564 g/mol. The zero-order chi connectivity index (χ0) is 29.7. The minimum atomic E-state index is -4.09. The van der Waals surface area contributed by atoms with Gasteiger partial charge >= 0.3 is 0 Å². The molecule has 0 saturated carbocycles. The summed E-state index contributed by atoms with van der Waals surface area (Å²) in [4.78, 5) is 29.1. The van der Waals surface area contributed by atoms with Crippen LogP contribution in [0.1, 0.15) is 56.4 Å². The average Bonchev–Trinajstić information content (AvgIpc) is 2.88. The van der Waals surface area contributed by atoms with E-state index in [4.69, 9.17) is 0 Å². The molecular weight excluding hydrogens is 522 g/mol. The number of carbonyl (C=O) groups is 2. The molecule has 1 unspecified atom stereocenters. The van der Waals surface area contributed by atoms with Crippen LogP contribution in [-0.2, 0) is 26.2 Å². The van der Waals surface area contributed by atoms with Crippen molar-refractivity contribution in [1.29, 1.82) is 0 Å². The number of carbonyl (C=O) groups excluding carboxylic acids is 2. The van der Waals surface area contributed by atoms with Gasteiger partial charge in [-0.1, -0.05) is 72.1 Å². The molecule has 3 rings (SSSR count). The molecule has 0 aliphatic carbocycles. The van der Waals surface area contributed by atoms with Gasteiger partial charge in [0.25, 0.3) is 10.0 Å². The van der Waals surface area contributed by atoms with Crippen LogP contribution in [0.3, 0.4) is 0 Å². The molecule has 40 heavy (non-hydrogen) atoms. The minimum absolute atomic E-state index is 0.0917. The van der Waals surface area contributed by atoms with Crippen LogP contribution < -0.4 is 9.62 Å². The Balaban J connectivity index is 2.06. The largest absolute Gasteiger partial charge is 0.350 e. The maximum Gasteiger partial charge on any atom is 0.264 e. The van der Waals surface area contributed by atoms with Crippen LogP contribution in [0.15, 0.2) is 77.7 Å². The number of sulfonamides is 1. The number of benzene rings is 3. The molecule has 0 aromatic heterocycles. The van der Waals surface area contributed by atoms with Gasteiger partial charge in [0.2, 0.25) is 11.8 Å². The molecule has 0 heterocycles. The van der Waals surface area contributed by atoms with Crippen molar-refractivity contribution in [3.05, 3.63) is 95.1 Å². The highest BCUT2D eigenvalue weighted by Crippen LogP contribution is 2.25. The molecule has 3 aromatic rings. The first-order valence-corrected chi connectivity index (χ1v) is 15.0. The highest BCUT2D eigenvalue weighted by molar-refractivity contribution is 7.92. The molecule has 214 valence electrons. The summed E-state index contributed by atoms with van der Waals surface area (Å²) in [5.41, 5.74) is 3.71. The van der Waals surface area contributed by atoms with E-state index in [0.717, 1.165) is 26.6 Å². The van der Waals surface area contributed by atoms with E-state index in [0.29, 0.717) is 12.1 Å². The molecule has 1 N–H and O–H groups in total. The lowest BCUT2D eigenvalue weighted by Gasteiger charge is -2.34. The fourth-order valence-corrected chi connectivity index (χ4v) is 5.75. The number of nitrogens with one attached hydrogen (secondary N) is 1. The van der Waals surface area contributed by atoms with E-state index in [1.165, 1.54) is 4.90 Å². The maximum atomic E-state index is 14.1. The monoisotopic (exact) mass is 563 g/mol. The Morgan fingerprint density at radius 3 is 1.75 bits per heavy atom. The second-order valence-corrected chi connectivity index (χ2v) is 13.2. The molecule has 0 bridgehead atoms. The summed E-state index contributed by atoms with van der Waals surface area (Å²) >= 11 is 0. The molecule has 2 amide bonds. The molecule has 0 aliphatic heterocycles. The molecule has 8 heteroatoms. The van der Waals surface area contributed by atoms with E-state index in [1.54, 1.807) is 36.4 Å². The predicted octanol–water partition coefficient (Wildman–Crippen LogP) is 5.53. The van der Waals surface area contributed by atoms with Gasteiger partial charge in [0.15, 0.2) is 0 Å². The third-order valence-electron chi connectivity index (χ3n) is 6.57. The van der Waals surface area contributed by atoms with Gasteiger partial charge in [-0.3, -0.25) is 13.9 Å². The number of anilines is 1. The lowest BCUT2D eigenvalue weighted by Crippen LogP contribution is -2.55. The third kappa shape index (κ3) is 7.94. The third-order valence-corrected chi connectivity index (χ3v) is 8.36. The van der Waals surface area contributed by atoms with E-state index in [2.05, 4.69) is 5.32 Å². The van der Waals surface area contributed by atoms with Gasteiger partial charge in [-0.2, -0.15) is 0 Å². The van der Waals surface area contributed by atoms with E-state index in [-0.39, 0.29) is 17.3 Å². The summed E-state index contributed by atoms with van der Waals surface area (Å²) < 4.78 is 29.0. The molecule has 3 aromatic carbocycles. The summed E-state index contributed by atoms with van der Waals surface area (Å²) in [5.74, 6) is -0.744. The van der Waals surface area contributed by atoms with Crippen molar-refractivity contribution in [3.63, 3.8) is 0 Å². The van der Waals surface area contributed by atoms with E-state index >= 15 is 0 Å². The van der Waals surface area contributed by atoms with Crippen LogP contribution >= 0.6 is 0 Å². The minimum Gasteiger partial charge on any atom is -0.350 e. The normalized spacial score (nSPS) is 12.5. The van der Waals surface area contributed by atoms with Gasteiger partial charge in [0.05, 0.1) is 10.6 Å². The highest BCUT2D eigenvalue weighted by Gasteiger charge is 2.34. The number of rotatable bonds is 10. The van der Waals surface area contributed by atoms with Gasteiger partial charge in [-0.25, -0.2) is 8.42 Å². The number of amides is 2. The fourth-order valence-electron chi connectivity index (χ4n) is 4.34. The summed E-state index contributed by atoms with van der Waals surface area (Å²) in [6.07, 6.45) is 0.370. The smallest absolute Gasteiger partial charge is 0.264 e. The van der Waals surface area contributed by atoms with Gasteiger partial charge in [0, 0.05) is 12.1 Å². The van der Waals surface area contributed by atoms with Crippen LogP contribution in [0.25, 0.3) is 0 Å². The Morgan fingerprint density at radius 1 is 0.800 bits per heavy atom. The molecule has 1 atom stereocenters. The standard InChI is InChI=1S/C32H41N3O4S/c1-8-29(31(37)33-32(5,6)7)34(21-26-15-9-23(2)10-16-26)30(36)22-35(27-17-11-24(3)12-18-27)40(38,39)28-19-13-25(4)14-20-28/h9-20,29H,8,21-22H2,1-7H3,(H,33,37). The van der Waals surface area contributed by atoms with Crippen molar-refractivity contribution in [1.82, 2.24) is 10.2 Å². The second-order valence-electron chi connectivity index (χ2n) is 11.3. The zero-order valence-corrected chi connectivity index (χ0v) is 25.4. The van der Waals surface area contributed by atoms with Crippen molar-refractivity contribution in [2.24, 2.45) is 0 Å². The first-order chi connectivity index (χ1) is 18.7. The Kier molecular flexibility index (Phi) is 9.79. The SMILES string of the molecule is CCC(C(=O)NC(C)(C)C)N(Cc1ccc(C)cc1)C(=O)CN(c1ccc(C)cc1)S(=O)(=O)c1ccc(C)cc1. The predicted molar refractivity (Wildman–Crippen MR) is 161 cm³/mol. The van der Waals surface area contributed by atoms with Crippen molar-refractivity contribution in [2.45, 2.75) is 77.9 Å². The molecule has 0 spiro atoms. The second kappa shape index (κ2) is 12.7. The molecule has 0 saturated heterocycles. The van der Waals surface area contributed by atoms with Gasteiger partial charge in [-0.15, -0.1) is 0 Å². The summed E-state index contributed by atoms with van der Waals surface area (Å²) in [6, 6.07) is 20.5. The number of hydrogen-bond donors (Lipinski definition) is 1. The lowest BCUT2D eigenvalue weighted by atomic mass is 10.1. The maximum absolute atomic E-state index is 14.1. The number of nitrogens with zero attached hydrogens (tertiary/aromatic N) is 2. The van der Waals surface area contributed by atoms with Crippen LogP contribution in [0.5, 0.6) is 0 Å². The summed E-state index contributed by atoms with van der Waals surface area (Å²) in [6.45, 7) is 13.0. The van der Waals surface area contributed by atoms with Crippen LogP contribution in [0.4, 0.5) is 5.69 Å². The Bertz CT molecular complexity index is 1410. The van der Waals surface area contributed by atoms with E-state index in [1.807, 2.05) is 84.9 Å². The quantitative estimate of drug-likeness (QED) is 0.352. The van der Waals surface area contributed by atoms with Crippen molar-refractivity contribution >= 4 is 27.5 Å². The fraction of sp³-hybridized carbons (Fsp3) is 0.375. The molecule has 0 radical (unpaired) electrons. The highest BCUT2D eigenvalue weighted by atomic mass is 32.2. The lowest BCUT2D eigenvalue weighted by molar-refractivity contribution is -0.141. The van der Waals surface area contributed by atoms with Gasteiger partial charge < -0.3 is 10.2 Å². The molecule has 0 aliphatic rings. The zero-order valence-electron chi connectivity index (χ0n) is 24.6. The molecule has 7 nitrogen and oxygen atoms in total. The van der Waals surface area contributed by atoms with Gasteiger partial charge in [-0.05, 0) is 77.8 Å².